The van der Waals surface area contributed by atoms with Crippen molar-refractivity contribution in [2.24, 2.45) is 0 Å². The van der Waals surface area contributed by atoms with Gasteiger partial charge in [0.05, 0.1) is 5.52 Å². The first-order chi connectivity index (χ1) is 12.6. The number of amides is 1. The minimum atomic E-state index is 0.0780. The molecule has 1 N–H and O–H groups in total. The fourth-order valence-electron chi connectivity index (χ4n) is 4.78. The highest BCUT2D eigenvalue weighted by molar-refractivity contribution is 5.81. The Morgan fingerprint density at radius 1 is 1.27 bits per heavy atom. The largest absolute Gasteiger partial charge is 0.352 e. The normalized spacial score (nSPS) is 23.5. The summed E-state index contributed by atoms with van der Waals surface area (Å²) in [5.74, 6) is 0.0780. The number of piperidine rings is 1. The van der Waals surface area contributed by atoms with E-state index in [9.17, 15) is 4.79 Å². The van der Waals surface area contributed by atoms with Gasteiger partial charge >= 0.3 is 0 Å². The summed E-state index contributed by atoms with van der Waals surface area (Å²) >= 11 is 0. The van der Waals surface area contributed by atoms with Crippen molar-refractivity contribution in [1.29, 1.82) is 0 Å². The number of nitrogens with zero attached hydrogens (tertiary/aromatic N) is 3. The fraction of sp³-hybridized carbons (Fsp3) is 0.524. The molecule has 0 aliphatic carbocycles. The molecule has 2 aliphatic heterocycles. The van der Waals surface area contributed by atoms with Gasteiger partial charge in [0.15, 0.2) is 0 Å². The van der Waals surface area contributed by atoms with Gasteiger partial charge in [-0.15, -0.1) is 0 Å². The van der Waals surface area contributed by atoms with Crippen LogP contribution < -0.4 is 5.32 Å². The van der Waals surface area contributed by atoms with E-state index < -0.39 is 0 Å². The van der Waals surface area contributed by atoms with Crippen molar-refractivity contribution in [3.05, 3.63) is 42.1 Å². The number of carbonyl (C=O) groups excluding carboxylic acids is 1. The van der Waals surface area contributed by atoms with Crippen molar-refractivity contribution in [3.63, 3.8) is 0 Å². The molecule has 5 nitrogen and oxygen atoms in total. The number of nitrogens with one attached hydrogen (secondary N) is 1. The second-order valence-corrected chi connectivity index (χ2v) is 8.00. The molecule has 0 bridgehead atoms. The van der Waals surface area contributed by atoms with Crippen molar-refractivity contribution >= 4 is 16.8 Å². The number of rotatable bonds is 3. The van der Waals surface area contributed by atoms with Crippen LogP contribution in [0.2, 0.25) is 0 Å². The number of aromatic nitrogens is 1. The molecule has 2 saturated heterocycles. The van der Waals surface area contributed by atoms with Crippen LogP contribution in [-0.4, -0.2) is 59.0 Å². The number of carbonyl (C=O) groups is 1. The third-order valence-electron chi connectivity index (χ3n) is 6.16. The molecule has 1 spiro atoms. The highest BCUT2D eigenvalue weighted by Crippen LogP contribution is 2.39. The molecule has 1 amide bonds. The maximum Gasteiger partial charge on any atom is 0.217 e. The van der Waals surface area contributed by atoms with E-state index in [-0.39, 0.29) is 17.5 Å². The Balaban J connectivity index is 1.62. The molecule has 3 heterocycles. The van der Waals surface area contributed by atoms with Gasteiger partial charge in [0.2, 0.25) is 5.91 Å². The first-order valence-corrected chi connectivity index (χ1v) is 9.59. The SMILES string of the molecule is CC(=O)N[C@@H]1CN(Cc2ccnc3ccccc23)C2(CCN(C)CC2)C1. The summed E-state index contributed by atoms with van der Waals surface area (Å²) in [5.41, 5.74) is 2.58. The summed E-state index contributed by atoms with van der Waals surface area (Å²) in [4.78, 5) is 21.2. The lowest BCUT2D eigenvalue weighted by molar-refractivity contribution is -0.119. The van der Waals surface area contributed by atoms with E-state index in [1.165, 1.54) is 23.8 Å². The fourth-order valence-corrected chi connectivity index (χ4v) is 4.78. The molecular weight excluding hydrogens is 324 g/mol. The average Bonchev–Trinajstić information content (AvgIpc) is 2.94. The van der Waals surface area contributed by atoms with Crippen LogP contribution in [0.3, 0.4) is 0 Å². The molecule has 5 heteroatoms. The second kappa shape index (κ2) is 6.97. The van der Waals surface area contributed by atoms with Gasteiger partial charge in [0, 0.05) is 43.2 Å². The molecule has 138 valence electrons. The minimum Gasteiger partial charge on any atom is -0.352 e. The van der Waals surface area contributed by atoms with E-state index in [2.05, 4.69) is 51.4 Å². The molecule has 0 radical (unpaired) electrons. The van der Waals surface area contributed by atoms with Crippen molar-refractivity contribution in [2.75, 3.05) is 26.7 Å². The number of likely N-dealkylation sites (tertiary alicyclic amines) is 2. The smallest absolute Gasteiger partial charge is 0.217 e. The minimum absolute atomic E-state index is 0.0780. The van der Waals surface area contributed by atoms with E-state index in [1.807, 2.05) is 12.3 Å². The van der Waals surface area contributed by atoms with Gasteiger partial charge in [-0.2, -0.15) is 0 Å². The van der Waals surface area contributed by atoms with Gasteiger partial charge in [-0.05, 0) is 57.1 Å². The van der Waals surface area contributed by atoms with Crippen LogP contribution in [0.15, 0.2) is 36.5 Å². The topological polar surface area (TPSA) is 48.5 Å². The van der Waals surface area contributed by atoms with E-state index in [0.717, 1.165) is 38.1 Å². The van der Waals surface area contributed by atoms with Crippen LogP contribution in [-0.2, 0) is 11.3 Å². The van der Waals surface area contributed by atoms with E-state index in [0.29, 0.717) is 0 Å². The maximum atomic E-state index is 11.6. The molecule has 2 aliphatic rings. The van der Waals surface area contributed by atoms with Gasteiger partial charge in [-0.25, -0.2) is 0 Å². The Kier molecular flexibility index (Phi) is 4.67. The number of benzene rings is 1. The predicted molar refractivity (Wildman–Crippen MR) is 104 cm³/mol. The summed E-state index contributed by atoms with van der Waals surface area (Å²) < 4.78 is 0. The van der Waals surface area contributed by atoms with Crippen LogP contribution in [0.1, 0.15) is 31.7 Å². The molecule has 4 rings (SSSR count). The van der Waals surface area contributed by atoms with E-state index >= 15 is 0 Å². The summed E-state index contributed by atoms with van der Waals surface area (Å²) in [7, 11) is 2.20. The molecule has 0 unspecified atom stereocenters. The van der Waals surface area contributed by atoms with Crippen molar-refractivity contribution in [3.8, 4) is 0 Å². The zero-order valence-electron chi connectivity index (χ0n) is 15.7. The molecule has 26 heavy (non-hydrogen) atoms. The highest BCUT2D eigenvalue weighted by atomic mass is 16.1. The molecule has 1 aromatic carbocycles. The van der Waals surface area contributed by atoms with Crippen LogP contribution in [0.25, 0.3) is 10.9 Å². The molecule has 2 aromatic rings. The monoisotopic (exact) mass is 352 g/mol. The molecule has 0 saturated carbocycles. The Hall–Kier alpha value is -1.98. The van der Waals surface area contributed by atoms with Gasteiger partial charge in [0.1, 0.15) is 0 Å². The molecule has 1 aromatic heterocycles. The first-order valence-electron chi connectivity index (χ1n) is 9.59. The maximum absolute atomic E-state index is 11.6. The van der Waals surface area contributed by atoms with Crippen molar-refractivity contribution in [2.45, 2.75) is 44.3 Å². The van der Waals surface area contributed by atoms with Crippen LogP contribution in [0.5, 0.6) is 0 Å². The summed E-state index contributed by atoms with van der Waals surface area (Å²) in [6.45, 7) is 5.73. The lowest BCUT2D eigenvalue weighted by Gasteiger charge is -2.44. The van der Waals surface area contributed by atoms with Gasteiger partial charge in [-0.3, -0.25) is 14.7 Å². The lowest BCUT2D eigenvalue weighted by Crippen LogP contribution is -2.50. The number of para-hydroxylation sites is 1. The van der Waals surface area contributed by atoms with Gasteiger partial charge in [-0.1, -0.05) is 18.2 Å². The van der Waals surface area contributed by atoms with Gasteiger partial charge in [0.25, 0.3) is 0 Å². The number of hydrogen-bond acceptors (Lipinski definition) is 4. The van der Waals surface area contributed by atoms with Gasteiger partial charge < -0.3 is 10.2 Å². The summed E-state index contributed by atoms with van der Waals surface area (Å²) in [6.07, 6.45) is 5.31. The zero-order valence-corrected chi connectivity index (χ0v) is 15.7. The number of pyridine rings is 1. The van der Waals surface area contributed by atoms with Crippen LogP contribution >= 0.6 is 0 Å². The first kappa shape index (κ1) is 17.4. The van der Waals surface area contributed by atoms with Crippen molar-refractivity contribution in [1.82, 2.24) is 20.1 Å². The third kappa shape index (κ3) is 3.33. The predicted octanol–water partition coefficient (Wildman–Crippen LogP) is 2.41. The molecule has 2 fully saturated rings. The average molecular weight is 352 g/mol. The molecular formula is C21H28N4O. The lowest BCUT2D eigenvalue weighted by atomic mass is 9.84. The van der Waals surface area contributed by atoms with E-state index in [1.54, 1.807) is 6.92 Å². The number of hydrogen-bond donors (Lipinski definition) is 1. The molecule has 1 atom stereocenters. The second-order valence-electron chi connectivity index (χ2n) is 8.00. The summed E-state index contributed by atoms with van der Waals surface area (Å²) in [5, 5.41) is 4.41. The van der Waals surface area contributed by atoms with Crippen molar-refractivity contribution < 1.29 is 4.79 Å². The van der Waals surface area contributed by atoms with E-state index in [4.69, 9.17) is 0 Å². The Morgan fingerprint density at radius 2 is 2.04 bits per heavy atom. The van der Waals surface area contributed by atoms with Crippen LogP contribution in [0, 0.1) is 0 Å². The Labute approximate surface area is 155 Å². The van der Waals surface area contributed by atoms with Crippen LogP contribution in [0.4, 0.5) is 0 Å². The number of fused-ring (bicyclic) bond motifs is 1. The Morgan fingerprint density at radius 3 is 2.81 bits per heavy atom. The quantitative estimate of drug-likeness (QED) is 0.922. The summed E-state index contributed by atoms with van der Waals surface area (Å²) in [6, 6.07) is 10.8. The standard InChI is InChI=1S/C21H28N4O/c1-16(26)23-18-13-21(8-11-24(2)12-9-21)25(15-18)14-17-7-10-22-20-6-4-3-5-19(17)20/h3-7,10,18H,8-9,11-15H2,1-2H3,(H,23,26)/t18-/m0/s1. The third-order valence-corrected chi connectivity index (χ3v) is 6.16. The zero-order chi connectivity index (χ0) is 18.1. The highest BCUT2D eigenvalue weighted by Gasteiger charge is 2.46. The Bertz CT molecular complexity index is 792.